The maximum atomic E-state index is 3.53. The topological polar surface area (TPSA) is 18.5 Å². The summed E-state index contributed by atoms with van der Waals surface area (Å²) in [4.78, 5) is 5.10. The summed E-state index contributed by atoms with van der Waals surface area (Å²) in [5, 5.41) is 3.53. The summed E-state index contributed by atoms with van der Waals surface area (Å²) < 4.78 is 0. The van der Waals surface area contributed by atoms with E-state index in [-0.39, 0.29) is 0 Å². The summed E-state index contributed by atoms with van der Waals surface area (Å²) in [6.45, 7) is 1.24. The molecule has 0 bridgehead atoms. The summed E-state index contributed by atoms with van der Waals surface area (Å²) in [7, 11) is 8.97. The van der Waals surface area contributed by atoms with Gasteiger partial charge in [-0.25, -0.2) is 0 Å². The van der Waals surface area contributed by atoms with Crippen molar-refractivity contribution in [1.29, 1.82) is 0 Å². The maximum Gasteiger partial charge on any atom is 0.0330 e. The highest BCUT2D eigenvalue weighted by molar-refractivity contribution is 5.00. The molecule has 2 fully saturated rings. The normalized spacial score (nSPS) is 31.7. The molecular weight excluding hydrogens is 222 g/mol. The fraction of sp³-hybridized carbons (Fsp3) is 1.00. The second-order valence-corrected chi connectivity index (χ2v) is 6.63. The molecule has 0 amide bonds. The van der Waals surface area contributed by atoms with Gasteiger partial charge in [0, 0.05) is 24.2 Å². The Morgan fingerprint density at radius 1 is 1.06 bits per heavy atom. The number of nitrogens with zero attached hydrogens (tertiary/aromatic N) is 2. The molecule has 0 aliphatic heterocycles. The molecule has 3 heteroatoms. The van der Waals surface area contributed by atoms with Crippen LogP contribution in [0.2, 0.25) is 0 Å². The lowest BCUT2D eigenvalue weighted by Crippen LogP contribution is -2.60. The third-order valence-electron chi connectivity index (χ3n) is 5.44. The van der Waals surface area contributed by atoms with Gasteiger partial charge in [0.25, 0.3) is 0 Å². The summed E-state index contributed by atoms with van der Waals surface area (Å²) in [6.07, 6.45) is 9.68. The lowest BCUT2D eigenvalue weighted by molar-refractivity contribution is 0.00596. The zero-order chi connectivity index (χ0) is 13.2. The van der Waals surface area contributed by atoms with Crippen LogP contribution < -0.4 is 5.32 Å². The zero-order valence-electron chi connectivity index (χ0n) is 12.7. The quantitative estimate of drug-likeness (QED) is 0.808. The zero-order valence-corrected chi connectivity index (χ0v) is 12.7. The van der Waals surface area contributed by atoms with Gasteiger partial charge in [-0.2, -0.15) is 0 Å². The first-order valence-electron chi connectivity index (χ1n) is 7.64. The maximum absolute atomic E-state index is 3.53. The Morgan fingerprint density at radius 2 is 1.72 bits per heavy atom. The Morgan fingerprint density at radius 3 is 2.22 bits per heavy atom. The van der Waals surface area contributed by atoms with E-state index in [4.69, 9.17) is 0 Å². The van der Waals surface area contributed by atoms with Crippen LogP contribution >= 0.6 is 0 Å². The van der Waals surface area contributed by atoms with Crippen LogP contribution in [-0.2, 0) is 0 Å². The first-order chi connectivity index (χ1) is 8.59. The molecule has 2 atom stereocenters. The lowest BCUT2D eigenvalue weighted by atomic mass is 9.74. The van der Waals surface area contributed by atoms with E-state index in [0.29, 0.717) is 11.6 Å². The molecule has 0 spiro atoms. The minimum atomic E-state index is 0.463. The van der Waals surface area contributed by atoms with Gasteiger partial charge in [0.05, 0.1) is 0 Å². The average molecular weight is 253 g/mol. The molecular formula is C15H31N3. The fourth-order valence-corrected chi connectivity index (χ4v) is 3.89. The molecule has 3 nitrogen and oxygen atoms in total. The Kier molecular flexibility index (Phi) is 4.68. The van der Waals surface area contributed by atoms with Crippen LogP contribution in [0.3, 0.4) is 0 Å². The van der Waals surface area contributed by atoms with Crippen molar-refractivity contribution in [2.45, 2.75) is 62.6 Å². The molecule has 0 aromatic rings. The first-order valence-corrected chi connectivity index (χ1v) is 7.64. The molecule has 2 saturated carbocycles. The molecule has 1 N–H and O–H groups in total. The number of likely N-dealkylation sites (N-methyl/N-ethyl adjacent to an activating group) is 3. The van der Waals surface area contributed by atoms with E-state index in [2.05, 4.69) is 43.3 Å². The van der Waals surface area contributed by atoms with Crippen molar-refractivity contribution in [2.75, 3.05) is 34.7 Å². The van der Waals surface area contributed by atoms with E-state index >= 15 is 0 Å². The van der Waals surface area contributed by atoms with Gasteiger partial charge in [0.2, 0.25) is 0 Å². The Bertz CT molecular complexity index is 260. The van der Waals surface area contributed by atoms with Gasteiger partial charge in [0.1, 0.15) is 0 Å². The van der Waals surface area contributed by atoms with Crippen LogP contribution in [-0.4, -0.2) is 62.2 Å². The predicted octanol–water partition coefficient (Wildman–Crippen LogP) is 1.93. The van der Waals surface area contributed by atoms with Crippen LogP contribution in [0, 0.1) is 0 Å². The van der Waals surface area contributed by atoms with E-state index in [9.17, 15) is 0 Å². The first kappa shape index (κ1) is 14.3. The van der Waals surface area contributed by atoms with Gasteiger partial charge in [0.15, 0.2) is 0 Å². The standard InChI is InChI=1S/C15H31N3/c1-16-13-8-5-6-9-14(13)18(4)12-15(17(2)3)10-7-11-15/h13-14,16H,5-12H2,1-4H3. The van der Waals surface area contributed by atoms with E-state index in [1.165, 1.54) is 51.5 Å². The molecule has 0 saturated heterocycles. The highest BCUT2D eigenvalue weighted by Crippen LogP contribution is 2.37. The number of hydrogen-bond acceptors (Lipinski definition) is 3. The predicted molar refractivity (Wildman–Crippen MR) is 78.0 cm³/mol. The van der Waals surface area contributed by atoms with Crippen molar-refractivity contribution in [3.8, 4) is 0 Å². The second kappa shape index (κ2) is 5.89. The molecule has 18 heavy (non-hydrogen) atoms. The highest BCUT2D eigenvalue weighted by atomic mass is 15.2. The van der Waals surface area contributed by atoms with Crippen molar-refractivity contribution >= 4 is 0 Å². The van der Waals surface area contributed by atoms with Crippen molar-refractivity contribution in [3.05, 3.63) is 0 Å². The number of hydrogen-bond donors (Lipinski definition) is 1. The number of nitrogens with one attached hydrogen (secondary N) is 1. The minimum Gasteiger partial charge on any atom is -0.315 e. The van der Waals surface area contributed by atoms with Crippen molar-refractivity contribution in [2.24, 2.45) is 0 Å². The van der Waals surface area contributed by atoms with E-state index in [1.54, 1.807) is 0 Å². The molecule has 2 rings (SSSR count). The lowest BCUT2D eigenvalue weighted by Gasteiger charge is -2.51. The molecule has 0 aromatic carbocycles. The third kappa shape index (κ3) is 2.73. The molecule has 2 aliphatic rings. The van der Waals surface area contributed by atoms with E-state index in [0.717, 1.165) is 6.04 Å². The molecule has 0 heterocycles. The summed E-state index contributed by atoms with van der Waals surface area (Å²) in [6, 6.07) is 1.43. The minimum absolute atomic E-state index is 0.463. The smallest absolute Gasteiger partial charge is 0.0330 e. The summed E-state index contributed by atoms with van der Waals surface area (Å²) in [5.41, 5.74) is 0.463. The van der Waals surface area contributed by atoms with E-state index in [1.807, 2.05) is 0 Å². The van der Waals surface area contributed by atoms with E-state index < -0.39 is 0 Å². The molecule has 2 unspecified atom stereocenters. The van der Waals surface area contributed by atoms with Gasteiger partial charge in [-0.05, 0) is 60.3 Å². The number of rotatable bonds is 5. The Labute approximate surface area is 113 Å². The molecule has 2 aliphatic carbocycles. The Hall–Kier alpha value is -0.120. The van der Waals surface area contributed by atoms with Crippen molar-refractivity contribution in [3.63, 3.8) is 0 Å². The Balaban J connectivity index is 1.95. The van der Waals surface area contributed by atoms with Crippen LogP contribution in [0.5, 0.6) is 0 Å². The van der Waals surface area contributed by atoms with Crippen LogP contribution in [0.15, 0.2) is 0 Å². The van der Waals surface area contributed by atoms with Gasteiger partial charge in [-0.15, -0.1) is 0 Å². The van der Waals surface area contributed by atoms with Crippen molar-refractivity contribution < 1.29 is 0 Å². The summed E-state index contributed by atoms with van der Waals surface area (Å²) in [5.74, 6) is 0. The van der Waals surface area contributed by atoms with Gasteiger partial charge < -0.3 is 15.1 Å². The van der Waals surface area contributed by atoms with Crippen LogP contribution in [0.25, 0.3) is 0 Å². The molecule has 106 valence electrons. The SMILES string of the molecule is CNC1CCCCC1N(C)CC1(N(C)C)CCC1. The third-order valence-corrected chi connectivity index (χ3v) is 5.44. The van der Waals surface area contributed by atoms with Crippen LogP contribution in [0.4, 0.5) is 0 Å². The average Bonchev–Trinajstić information content (AvgIpc) is 2.33. The fourth-order valence-electron chi connectivity index (χ4n) is 3.89. The molecule has 0 aromatic heterocycles. The largest absolute Gasteiger partial charge is 0.315 e. The van der Waals surface area contributed by atoms with Gasteiger partial charge >= 0.3 is 0 Å². The summed E-state index contributed by atoms with van der Waals surface area (Å²) >= 11 is 0. The van der Waals surface area contributed by atoms with Gasteiger partial charge in [-0.1, -0.05) is 12.8 Å². The monoisotopic (exact) mass is 253 g/mol. The second-order valence-electron chi connectivity index (χ2n) is 6.63. The van der Waals surface area contributed by atoms with Crippen molar-refractivity contribution in [1.82, 2.24) is 15.1 Å². The molecule has 0 radical (unpaired) electrons. The highest BCUT2D eigenvalue weighted by Gasteiger charge is 2.41. The van der Waals surface area contributed by atoms with Gasteiger partial charge in [-0.3, -0.25) is 0 Å². The van der Waals surface area contributed by atoms with Crippen LogP contribution in [0.1, 0.15) is 44.9 Å².